The quantitative estimate of drug-likeness (QED) is 0.0101. The van der Waals surface area contributed by atoms with Gasteiger partial charge in [0.15, 0.2) is 6.10 Å². The molecule has 0 spiro atoms. The van der Waals surface area contributed by atoms with Crippen molar-refractivity contribution in [1.29, 1.82) is 0 Å². The maximum Gasteiger partial charge on any atom is 0.472 e. The van der Waals surface area contributed by atoms with Crippen molar-refractivity contribution in [3.05, 3.63) is 36.5 Å². The second kappa shape index (κ2) is 37.3. The van der Waals surface area contributed by atoms with Crippen molar-refractivity contribution in [2.24, 2.45) is 0 Å². The topological polar surface area (TPSA) is 230 Å². The van der Waals surface area contributed by atoms with Crippen LogP contribution in [0.3, 0.4) is 0 Å². The van der Waals surface area contributed by atoms with E-state index < -0.39 is 81.8 Å². The molecule has 14 nitrogen and oxygen atoms in total. The fourth-order valence-corrected chi connectivity index (χ4v) is 8.15. The molecule has 7 N–H and O–H groups in total. The van der Waals surface area contributed by atoms with Crippen molar-refractivity contribution in [3.63, 3.8) is 0 Å². The minimum atomic E-state index is -5.16. The molecule has 0 aromatic carbocycles. The summed E-state index contributed by atoms with van der Waals surface area (Å²) < 4.78 is 33.4. The number of rotatable bonds is 39. The number of hydrogen-bond acceptors (Lipinski definition) is 13. The third kappa shape index (κ3) is 29.5. The predicted molar refractivity (Wildman–Crippen MR) is 241 cm³/mol. The Morgan fingerprint density at radius 2 is 1.06 bits per heavy atom. The Bertz CT molecular complexity index is 1250. The highest BCUT2D eigenvalue weighted by Gasteiger charge is 2.51. The summed E-state index contributed by atoms with van der Waals surface area (Å²) in [6.45, 7) is 3.14. The number of phosphoric acid groups is 1. The van der Waals surface area contributed by atoms with E-state index in [9.17, 15) is 49.7 Å². The fourth-order valence-electron chi connectivity index (χ4n) is 7.18. The van der Waals surface area contributed by atoms with Gasteiger partial charge in [0, 0.05) is 12.8 Å². The van der Waals surface area contributed by atoms with Crippen molar-refractivity contribution >= 4 is 19.8 Å². The van der Waals surface area contributed by atoms with E-state index in [1.165, 1.54) is 103 Å². The first-order valence-corrected chi connectivity index (χ1v) is 25.4. The second-order valence-electron chi connectivity index (χ2n) is 16.8. The normalized spacial score (nSPS) is 22.7. The van der Waals surface area contributed by atoms with Crippen LogP contribution in [0.1, 0.15) is 187 Å². The van der Waals surface area contributed by atoms with Gasteiger partial charge in [0.2, 0.25) is 0 Å². The van der Waals surface area contributed by atoms with Gasteiger partial charge < -0.3 is 45.0 Å². The predicted octanol–water partition coefficient (Wildman–Crippen LogP) is 8.36. The van der Waals surface area contributed by atoms with Gasteiger partial charge in [-0.15, -0.1) is 0 Å². The smallest absolute Gasteiger partial charge is 0.462 e. The van der Waals surface area contributed by atoms with Crippen molar-refractivity contribution in [3.8, 4) is 0 Å². The summed E-state index contributed by atoms with van der Waals surface area (Å²) in [7, 11) is -5.16. The molecule has 9 atom stereocenters. The Labute approximate surface area is 372 Å². The van der Waals surface area contributed by atoms with Gasteiger partial charge >= 0.3 is 19.8 Å². The number of unbranched alkanes of at least 4 members (excludes halogenated alkanes) is 20. The molecule has 0 radical (unpaired) electrons. The molecule has 0 bridgehead atoms. The number of aliphatic hydroxyl groups excluding tert-OH is 6. The van der Waals surface area contributed by atoms with Crippen LogP contribution in [0.25, 0.3) is 0 Å². The zero-order valence-electron chi connectivity index (χ0n) is 38.0. The van der Waals surface area contributed by atoms with Gasteiger partial charge in [-0.1, -0.05) is 172 Å². The van der Waals surface area contributed by atoms with Gasteiger partial charge in [0.1, 0.15) is 43.2 Å². The van der Waals surface area contributed by atoms with Gasteiger partial charge in [-0.2, -0.15) is 0 Å². The second-order valence-corrected chi connectivity index (χ2v) is 18.2. The molecule has 0 aliphatic heterocycles. The Morgan fingerprint density at radius 1 is 0.581 bits per heavy atom. The Hall–Kier alpha value is -1.97. The van der Waals surface area contributed by atoms with Crippen LogP contribution in [0.15, 0.2) is 36.5 Å². The molecule has 1 aliphatic rings. The van der Waals surface area contributed by atoms with Crippen LogP contribution >= 0.6 is 7.82 Å². The molecule has 62 heavy (non-hydrogen) atoms. The largest absolute Gasteiger partial charge is 0.472 e. The standard InChI is InChI=1S/C47H85O14P/c1-3-5-7-9-11-13-15-17-18-20-22-24-26-28-30-34-41(50)60-39(37-59-62(56,57)61-47-45(54)43(52)42(51)44(53)46(47)55)36-58-40(49)35-31-33-38(48)32-29-27-25-23-21-19-16-14-12-10-8-6-4-2/h19,21,25,27,29,32,38-39,42-48,51-55H,3-18,20,22-24,26,28,30-31,33-37H2,1-2H3,(H,56,57)/b21-19+,27-25+,32-29+/t38?,39-,42?,43-,44+,45-,46-,47?/m1/s1. The number of phosphoric ester groups is 1. The summed E-state index contributed by atoms with van der Waals surface area (Å²) in [5.41, 5.74) is 0. The molecular weight excluding hydrogens is 819 g/mol. The third-order valence-electron chi connectivity index (χ3n) is 11.1. The van der Waals surface area contributed by atoms with Crippen LogP contribution in [0.5, 0.6) is 0 Å². The van der Waals surface area contributed by atoms with E-state index in [4.69, 9.17) is 18.5 Å². The molecular formula is C47H85O14P. The van der Waals surface area contributed by atoms with Gasteiger partial charge in [0.25, 0.3) is 0 Å². The van der Waals surface area contributed by atoms with Crippen LogP contribution in [0, 0.1) is 0 Å². The third-order valence-corrected chi connectivity index (χ3v) is 12.1. The van der Waals surface area contributed by atoms with E-state index >= 15 is 0 Å². The molecule has 0 amide bonds. The fraction of sp³-hybridized carbons (Fsp3) is 0.830. The summed E-state index contributed by atoms with van der Waals surface area (Å²) in [6, 6.07) is 0. The average Bonchev–Trinajstić information content (AvgIpc) is 3.25. The number of ether oxygens (including phenoxy) is 2. The lowest BCUT2D eigenvalue weighted by Gasteiger charge is -2.41. The van der Waals surface area contributed by atoms with E-state index in [0.29, 0.717) is 19.3 Å². The molecule has 0 saturated heterocycles. The van der Waals surface area contributed by atoms with Gasteiger partial charge in [0.05, 0.1) is 12.7 Å². The lowest BCUT2D eigenvalue weighted by Crippen LogP contribution is -2.64. The Morgan fingerprint density at radius 3 is 1.61 bits per heavy atom. The van der Waals surface area contributed by atoms with Crippen molar-refractivity contribution in [1.82, 2.24) is 0 Å². The van der Waals surface area contributed by atoms with Crippen LogP contribution in [0.2, 0.25) is 0 Å². The molecule has 15 heteroatoms. The highest BCUT2D eigenvalue weighted by molar-refractivity contribution is 7.47. The lowest BCUT2D eigenvalue weighted by molar-refractivity contribution is -0.220. The maximum atomic E-state index is 12.8. The highest BCUT2D eigenvalue weighted by Crippen LogP contribution is 2.47. The van der Waals surface area contributed by atoms with E-state index in [0.717, 1.165) is 38.5 Å². The number of aliphatic hydroxyl groups is 6. The monoisotopic (exact) mass is 905 g/mol. The van der Waals surface area contributed by atoms with Crippen LogP contribution in [0.4, 0.5) is 0 Å². The van der Waals surface area contributed by atoms with Crippen molar-refractivity contribution in [2.75, 3.05) is 13.2 Å². The van der Waals surface area contributed by atoms with Crippen LogP contribution < -0.4 is 0 Å². The van der Waals surface area contributed by atoms with Crippen LogP contribution in [-0.2, 0) is 32.7 Å². The summed E-state index contributed by atoms with van der Waals surface area (Å²) in [6.07, 6.45) is 25.0. The zero-order chi connectivity index (χ0) is 45.9. The minimum absolute atomic E-state index is 0.0552. The van der Waals surface area contributed by atoms with E-state index in [1.54, 1.807) is 12.2 Å². The molecule has 1 saturated carbocycles. The molecule has 0 aromatic rings. The summed E-state index contributed by atoms with van der Waals surface area (Å²) >= 11 is 0. The van der Waals surface area contributed by atoms with E-state index in [-0.39, 0.29) is 12.8 Å². The first-order valence-electron chi connectivity index (χ1n) is 23.9. The van der Waals surface area contributed by atoms with Crippen LogP contribution in [-0.4, -0.2) is 110 Å². The first-order chi connectivity index (χ1) is 29.8. The molecule has 0 heterocycles. The summed E-state index contributed by atoms with van der Waals surface area (Å²) in [5.74, 6) is -1.29. The number of carbonyl (C=O) groups excluding carboxylic acids is 2. The molecule has 1 fully saturated rings. The maximum absolute atomic E-state index is 12.8. The average molecular weight is 905 g/mol. The number of esters is 2. The molecule has 1 rings (SSSR count). The molecule has 4 unspecified atom stereocenters. The summed E-state index contributed by atoms with van der Waals surface area (Å²) in [5, 5.41) is 60.5. The van der Waals surface area contributed by atoms with E-state index in [2.05, 4.69) is 26.0 Å². The van der Waals surface area contributed by atoms with Gasteiger partial charge in [-0.3, -0.25) is 18.6 Å². The number of carbonyl (C=O) groups is 2. The first kappa shape index (κ1) is 58.0. The van der Waals surface area contributed by atoms with Gasteiger partial charge in [-0.05, 0) is 38.5 Å². The number of hydrogen-bond donors (Lipinski definition) is 7. The Balaban J connectivity index is 2.53. The Kier molecular flexibility index (Phi) is 34.9. The lowest BCUT2D eigenvalue weighted by atomic mass is 9.85. The van der Waals surface area contributed by atoms with Crippen molar-refractivity contribution < 1.29 is 68.2 Å². The molecule has 0 aromatic heterocycles. The number of allylic oxidation sites excluding steroid dienone is 5. The highest BCUT2D eigenvalue weighted by atomic mass is 31.2. The SMILES string of the molecule is CCCCCCCC/C=C/C/C=C/C=C/C(O)CCCC(=O)OC[C@H](COP(=O)(O)OC1[C@H](O)[C@H](O)C(O)[C@H](O)[C@H]1O)OC(=O)CCCCCCCCCCCCCCCCC. The summed E-state index contributed by atoms with van der Waals surface area (Å²) in [4.78, 5) is 35.7. The van der Waals surface area contributed by atoms with Crippen molar-refractivity contribution in [2.45, 2.75) is 236 Å². The zero-order valence-corrected chi connectivity index (χ0v) is 38.9. The van der Waals surface area contributed by atoms with Gasteiger partial charge in [-0.25, -0.2) is 4.57 Å². The minimum Gasteiger partial charge on any atom is -0.462 e. The molecule has 362 valence electrons. The van der Waals surface area contributed by atoms with E-state index in [1.807, 2.05) is 12.2 Å². The molecule has 1 aliphatic carbocycles.